The molecular formula is C19H27NO3. The van der Waals surface area contributed by atoms with Gasteiger partial charge in [0.25, 0.3) is 6.04 Å². The van der Waals surface area contributed by atoms with Gasteiger partial charge in [-0.25, -0.2) is 0 Å². The molecule has 1 atom stereocenters. The average Bonchev–Trinajstić information content (AvgIpc) is 2.56. The first kappa shape index (κ1) is 19.1. The zero-order chi connectivity index (χ0) is 16.9. The van der Waals surface area contributed by atoms with Crippen molar-refractivity contribution in [1.82, 2.24) is 0 Å². The van der Waals surface area contributed by atoms with Crippen LogP contribution >= 0.6 is 0 Å². The molecule has 23 heavy (non-hydrogen) atoms. The minimum absolute atomic E-state index is 0.163. The molecule has 0 aliphatic rings. The first-order valence-corrected chi connectivity index (χ1v) is 8.54. The lowest BCUT2D eigenvalue weighted by molar-refractivity contribution is -0.504. The van der Waals surface area contributed by atoms with Crippen LogP contribution in [0.3, 0.4) is 0 Å². The highest BCUT2D eigenvalue weighted by Crippen LogP contribution is 2.11. The highest BCUT2D eigenvalue weighted by Gasteiger charge is 2.28. The summed E-state index contributed by atoms with van der Waals surface area (Å²) >= 11 is 0. The molecule has 0 amide bonds. The third kappa shape index (κ3) is 7.73. The van der Waals surface area contributed by atoms with Crippen molar-refractivity contribution in [2.75, 3.05) is 0 Å². The summed E-state index contributed by atoms with van der Waals surface area (Å²) in [6.45, 7) is 2.20. The van der Waals surface area contributed by atoms with Crippen LogP contribution in [-0.2, 0) is 0 Å². The number of carbonyl (C=O) groups excluding carboxylic acids is 1. The van der Waals surface area contributed by atoms with Crippen LogP contribution in [0.15, 0.2) is 42.5 Å². The van der Waals surface area contributed by atoms with Gasteiger partial charge in [-0.15, -0.1) is 0 Å². The lowest BCUT2D eigenvalue weighted by atomic mass is 10.0. The molecule has 0 bridgehead atoms. The second-order valence-corrected chi connectivity index (χ2v) is 5.79. The van der Waals surface area contributed by atoms with Crippen molar-refractivity contribution in [2.24, 2.45) is 0 Å². The van der Waals surface area contributed by atoms with E-state index in [2.05, 4.69) is 6.92 Å². The van der Waals surface area contributed by atoms with Crippen LogP contribution in [0.1, 0.15) is 68.6 Å². The smallest absolute Gasteiger partial charge is 0.278 e. The van der Waals surface area contributed by atoms with Gasteiger partial charge in [0.15, 0.2) is 0 Å². The van der Waals surface area contributed by atoms with Gasteiger partial charge < -0.3 is 0 Å². The summed E-state index contributed by atoms with van der Waals surface area (Å²) in [6, 6.07) is 7.30. The Hall–Kier alpha value is -1.97. The van der Waals surface area contributed by atoms with Crippen LogP contribution in [0, 0.1) is 10.1 Å². The normalized spacial score (nSPS) is 12.4. The van der Waals surface area contributed by atoms with E-state index in [-0.39, 0.29) is 6.42 Å². The number of unbranched alkanes of at least 4 members (excludes halogenated alkanes) is 6. The van der Waals surface area contributed by atoms with Crippen molar-refractivity contribution in [2.45, 2.75) is 64.3 Å². The first-order chi connectivity index (χ1) is 11.2. The number of ketones is 1. The molecule has 0 aliphatic heterocycles. The Morgan fingerprint density at radius 2 is 1.74 bits per heavy atom. The molecule has 4 nitrogen and oxygen atoms in total. The average molecular weight is 317 g/mol. The van der Waals surface area contributed by atoms with Crippen molar-refractivity contribution >= 4 is 5.78 Å². The summed E-state index contributed by atoms with van der Waals surface area (Å²) < 4.78 is 0. The van der Waals surface area contributed by atoms with Gasteiger partial charge in [-0.2, -0.15) is 0 Å². The van der Waals surface area contributed by atoms with E-state index in [0.717, 1.165) is 12.8 Å². The summed E-state index contributed by atoms with van der Waals surface area (Å²) in [7, 11) is 0. The van der Waals surface area contributed by atoms with Gasteiger partial charge in [-0.3, -0.25) is 14.9 Å². The van der Waals surface area contributed by atoms with Gasteiger partial charge in [-0.05, 0) is 12.8 Å². The van der Waals surface area contributed by atoms with Gasteiger partial charge in [-0.1, -0.05) is 81.5 Å². The molecule has 0 heterocycles. The van der Waals surface area contributed by atoms with E-state index < -0.39 is 16.7 Å². The van der Waals surface area contributed by atoms with Crippen LogP contribution in [0.25, 0.3) is 0 Å². The van der Waals surface area contributed by atoms with Crippen molar-refractivity contribution in [3.8, 4) is 0 Å². The molecule has 0 fully saturated rings. The van der Waals surface area contributed by atoms with E-state index in [0.29, 0.717) is 5.56 Å². The quantitative estimate of drug-likeness (QED) is 0.175. The first-order valence-electron chi connectivity index (χ1n) is 8.54. The molecule has 0 saturated heterocycles. The monoisotopic (exact) mass is 317 g/mol. The largest absolute Gasteiger partial charge is 0.286 e. The number of Topliss-reactive ketones (excluding diaryl/α,β-unsaturated/α-hetero) is 1. The molecule has 0 aliphatic carbocycles. The van der Waals surface area contributed by atoms with E-state index in [9.17, 15) is 14.9 Å². The predicted octanol–water partition coefficient (Wildman–Crippen LogP) is 5.21. The van der Waals surface area contributed by atoms with E-state index in [1.165, 1.54) is 32.1 Å². The fourth-order valence-electron chi connectivity index (χ4n) is 2.47. The molecule has 0 saturated carbocycles. The predicted molar refractivity (Wildman–Crippen MR) is 93.3 cm³/mol. The molecule has 1 unspecified atom stereocenters. The molecule has 0 aromatic heterocycles. The fourth-order valence-corrected chi connectivity index (χ4v) is 2.47. The number of rotatable bonds is 12. The number of benzene rings is 1. The summed E-state index contributed by atoms with van der Waals surface area (Å²) in [5.41, 5.74) is 0.401. The van der Waals surface area contributed by atoms with Crippen LogP contribution in [0.4, 0.5) is 0 Å². The van der Waals surface area contributed by atoms with Gasteiger partial charge in [0.1, 0.15) is 0 Å². The van der Waals surface area contributed by atoms with Crippen LogP contribution in [0.5, 0.6) is 0 Å². The minimum Gasteiger partial charge on any atom is -0.286 e. The van der Waals surface area contributed by atoms with Gasteiger partial charge in [0.2, 0.25) is 5.78 Å². The Bertz CT molecular complexity index is 497. The molecule has 126 valence electrons. The van der Waals surface area contributed by atoms with Crippen LogP contribution < -0.4 is 0 Å². The molecule has 1 rings (SSSR count). The molecular weight excluding hydrogens is 290 g/mol. The molecule has 0 radical (unpaired) electrons. The summed E-state index contributed by atoms with van der Waals surface area (Å²) in [4.78, 5) is 22.8. The summed E-state index contributed by atoms with van der Waals surface area (Å²) in [5.74, 6) is -0.417. The molecule has 1 aromatic carbocycles. The Morgan fingerprint density at radius 3 is 2.39 bits per heavy atom. The zero-order valence-electron chi connectivity index (χ0n) is 13.9. The zero-order valence-corrected chi connectivity index (χ0v) is 13.9. The van der Waals surface area contributed by atoms with Crippen molar-refractivity contribution in [3.63, 3.8) is 0 Å². The lowest BCUT2D eigenvalue weighted by Crippen LogP contribution is -2.29. The van der Waals surface area contributed by atoms with E-state index in [1.807, 2.05) is 6.08 Å². The Kier molecular flexibility index (Phi) is 9.60. The van der Waals surface area contributed by atoms with E-state index in [4.69, 9.17) is 0 Å². The fraction of sp³-hybridized carbons (Fsp3) is 0.526. The van der Waals surface area contributed by atoms with Crippen molar-refractivity contribution in [3.05, 3.63) is 58.2 Å². The maximum atomic E-state index is 12.2. The number of hydrogen-bond acceptors (Lipinski definition) is 3. The van der Waals surface area contributed by atoms with Crippen molar-refractivity contribution in [1.29, 1.82) is 0 Å². The topological polar surface area (TPSA) is 60.2 Å². The van der Waals surface area contributed by atoms with Crippen LogP contribution in [0.2, 0.25) is 0 Å². The number of nitro groups is 1. The minimum atomic E-state index is -1.18. The second kappa shape index (κ2) is 11.6. The standard InChI is InChI=1S/C19H27NO3/c1-2-3-4-5-6-7-8-9-13-16-18(20(22)23)19(21)17-14-11-10-12-15-17/h9-15,18H,2-8,16H2,1H3/b13-9+. The Morgan fingerprint density at radius 1 is 1.09 bits per heavy atom. The second-order valence-electron chi connectivity index (χ2n) is 5.79. The van der Waals surface area contributed by atoms with E-state index in [1.54, 1.807) is 36.4 Å². The molecule has 0 N–H and O–H groups in total. The number of hydrogen-bond donors (Lipinski definition) is 0. The Balaban J connectivity index is 2.35. The third-order valence-corrected chi connectivity index (χ3v) is 3.87. The van der Waals surface area contributed by atoms with Crippen molar-refractivity contribution < 1.29 is 9.72 Å². The third-order valence-electron chi connectivity index (χ3n) is 3.87. The van der Waals surface area contributed by atoms with Crippen LogP contribution in [-0.4, -0.2) is 16.7 Å². The highest BCUT2D eigenvalue weighted by atomic mass is 16.6. The Labute approximate surface area is 138 Å². The van der Waals surface area contributed by atoms with Gasteiger partial charge in [0, 0.05) is 16.9 Å². The maximum Gasteiger partial charge on any atom is 0.278 e. The van der Waals surface area contributed by atoms with Gasteiger partial charge in [0.05, 0.1) is 0 Å². The number of allylic oxidation sites excluding steroid dienone is 1. The molecule has 1 aromatic rings. The van der Waals surface area contributed by atoms with Gasteiger partial charge >= 0.3 is 0 Å². The lowest BCUT2D eigenvalue weighted by Gasteiger charge is -2.06. The maximum absolute atomic E-state index is 12.2. The van der Waals surface area contributed by atoms with E-state index >= 15 is 0 Å². The SMILES string of the molecule is CCCCCCCC/C=C/CC(C(=O)c1ccccc1)[N+](=O)[O-]. The highest BCUT2D eigenvalue weighted by molar-refractivity contribution is 5.99. The summed E-state index contributed by atoms with van der Waals surface area (Å²) in [5, 5.41) is 11.1. The summed E-state index contributed by atoms with van der Waals surface area (Å²) in [6.07, 6.45) is 12.2. The number of nitrogens with zero attached hydrogens (tertiary/aromatic N) is 1. The molecule has 0 spiro atoms. The number of carbonyl (C=O) groups is 1. The molecule has 4 heteroatoms.